The number of rotatable bonds is 9. The minimum Gasteiger partial charge on any atom is -0.377 e. The Bertz CT molecular complexity index is 804. The second-order valence-corrected chi connectivity index (χ2v) is 7.28. The van der Waals surface area contributed by atoms with Gasteiger partial charge in [0.15, 0.2) is 0 Å². The largest absolute Gasteiger partial charge is 0.377 e. The third-order valence-corrected chi connectivity index (χ3v) is 4.85. The molecule has 0 saturated carbocycles. The molecule has 0 bridgehead atoms. The maximum Gasteiger partial charge on any atom is 0.251 e. The van der Waals surface area contributed by atoms with Gasteiger partial charge in [-0.05, 0) is 43.5 Å². The van der Waals surface area contributed by atoms with Gasteiger partial charge >= 0.3 is 0 Å². The van der Waals surface area contributed by atoms with E-state index in [0.29, 0.717) is 24.3 Å². The van der Waals surface area contributed by atoms with Crippen molar-refractivity contribution in [3.05, 3.63) is 65.7 Å². The number of carbonyl (C=O) groups is 2. The van der Waals surface area contributed by atoms with E-state index in [1.807, 2.05) is 25.1 Å². The molecule has 154 valence electrons. The Kier molecular flexibility index (Phi) is 7.78. The molecule has 2 aromatic rings. The number of nitrogens with one attached hydrogen (secondary N) is 2. The van der Waals surface area contributed by atoms with E-state index in [0.717, 1.165) is 31.6 Å². The Morgan fingerprint density at radius 3 is 2.69 bits per heavy atom. The molecule has 1 aliphatic heterocycles. The smallest absolute Gasteiger partial charge is 0.251 e. The summed E-state index contributed by atoms with van der Waals surface area (Å²) in [6.07, 6.45) is 2.28. The van der Waals surface area contributed by atoms with Crippen molar-refractivity contribution >= 4 is 17.5 Å². The second-order valence-electron chi connectivity index (χ2n) is 7.28. The molecule has 29 heavy (non-hydrogen) atoms. The third-order valence-electron chi connectivity index (χ3n) is 4.85. The SMILES string of the molecule is CCNC(=O)c1cccc(NC(=O)CN(Cc2ccccc2)CC2CCCO2)c1. The molecule has 3 rings (SSSR count). The van der Waals surface area contributed by atoms with Gasteiger partial charge in [0.2, 0.25) is 5.91 Å². The van der Waals surface area contributed by atoms with Crippen molar-refractivity contribution in [2.45, 2.75) is 32.4 Å². The van der Waals surface area contributed by atoms with Gasteiger partial charge in [-0.1, -0.05) is 36.4 Å². The Labute approximate surface area is 172 Å². The number of hydrogen-bond donors (Lipinski definition) is 2. The predicted octanol–water partition coefficient (Wildman–Crippen LogP) is 3.06. The number of benzene rings is 2. The standard InChI is InChI=1S/C23H29N3O3/c1-2-24-23(28)19-10-6-11-20(14-19)25-22(27)17-26(16-21-12-7-13-29-21)15-18-8-4-3-5-9-18/h3-6,8-11,14,21H,2,7,12-13,15-17H2,1H3,(H,24,28)(H,25,27). The highest BCUT2D eigenvalue weighted by atomic mass is 16.5. The molecule has 1 heterocycles. The van der Waals surface area contributed by atoms with Gasteiger partial charge in [0, 0.05) is 37.5 Å². The van der Waals surface area contributed by atoms with Gasteiger partial charge in [0.1, 0.15) is 0 Å². The summed E-state index contributed by atoms with van der Waals surface area (Å²) in [5.41, 5.74) is 2.32. The first-order valence-electron chi connectivity index (χ1n) is 10.2. The van der Waals surface area contributed by atoms with Gasteiger partial charge in [-0.2, -0.15) is 0 Å². The van der Waals surface area contributed by atoms with Crippen LogP contribution in [0, 0.1) is 0 Å². The van der Waals surface area contributed by atoms with Crippen LogP contribution in [0.25, 0.3) is 0 Å². The van der Waals surface area contributed by atoms with Gasteiger partial charge in [-0.25, -0.2) is 0 Å². The summed E-state index contributed by atoms with van der Waals surface area (Å²) >= 11 is 0. The summed E-state index contributed by atoms with van der Waals surface area (Å²) in [7, 11) is 0. The summed E-state index contributed by atoms with van der Waals surface area (Å²) < 4.78 is 5.77. The lowest BCUT2D eigenvalue weighted by Gasteiger charge is -2.24. The number of hydrogen-bond acceptors (Lipinski definition) is 4. The van der Waals surface area contributed by atoms with Crippen molar-refractivity contribution in [1.82, 2.24) is 10.2 Å². The fraction of sp³-hybridized carbons (Fsp3) is 0.391. The zero-order valence-corrected chi connectivity index (χ0v) is 16.9. The second kappa shape index (κ2) is 10.7. The maximum absolute atomic E-state index is 12.7. The molecule has 2 amide bonds. The molecular formula is C23H29N3O3. The topological polar surface area (TPSA) is 70.7 Å². The van der Waals surface area contributed by atoms with Gasteiger partial charge in [0.25, 0.3) is 5.91 Å². The molecule has 6 nitrogen and oxygen atoms in total. The summed E-state index contributed by atoms with van der Waals surface area (Å²) in [6.45, 7) is 4.91. The Balaban J connectivity index is 1.62. The number of carbonyl (C=O) groups excluding carboxylic acids is 2. The van der Waals surface area contributed by atoms with Gasteiger partial charge in [-0.3, -0.25) is 14.5 Å². The molecule has 6 heteroatoms. The van der Waals surface area contributed by atoms with E-state index >= 15 is 0 Å². The van der Waals surface area contributed by atoms with Crippen molar-refractivity contribution in [2.24, 2.45) is 0 Å². The Morgan fingerprint density at radius 1 is 1.14 bits per heavy atom. The molecule has 0 radical (unpaired) electrons. The first-order chi connectivity index (χ1) is 14.1. The number of nitrogens with zero attached hydrogens (tertiary/aromatic N) is 1. The summed E-state index contributed by atoms with van der Waals surface area (Å²) in [6, 6.07) is 17.1. The molecular weight excluding hydrogens is 366 g/mol. The number of anilines is 1. The van der Waals surface area contributed by atoms with Crippen LogP contribution in [0.2, 0.25) is 0 Å². The minimum atomic E-state index is -0.146. The Hall–Kier alpha value is -2.70. The van der Waals surface area contributed by atoms with E-state index in [4.69, 9.17) is 4.74 Å². The van der Waals surface area contributed by atoms with Crippen LogP contribution in [0.4, 0.5) is 5.69 Å². The number of amides is 2. The van der Waals surface area contributed by atoms with E-state index in [1.54, 1.807) is 24.3 Å². The average molecular weight is 396 g/mol. The van der Waals surface area contributed by atoms with Crippen molar-refractivity contribution in [3.8, 4) is 0 Å². The van der Waals surface area contributed by atoms with Gasteiger partial charge < -0.3 is 15.4 Å². The molecule has 0 aromatic heterocycles. The van der Waals surface area contributed by atoms with Gasteiger partial charge in [0.05, 0.1) is 12.6 Å². The minimum absolute atomic E-state index is 0.105. The summed E-state index contributed by atoms with van der Waals surface area (Å²) in [4.78, 5) is 26.8. The van der Waals surface area contributed by atoms with Crippen LogP contribution < -0.4 is 10.6 Å². The zero-order valence-electron chi connectivity index (χ0n) is 16.9. The van der Waals surface area contributed by atoms with Crippen molar-refractivity contribution < 1.29 is 14.3 Å². The third kappa shape index (κ3) is 6.69. The molecule has 0 aliphatic carbocycles. The molecule has 2 aromatic carbocycles. The lowest BCUT2D eigenvalue weighted by Crippen LogP contribution is -2.38. The van der Waals surface area contributed by atoms with Crippen LogP contribution >= 0.6 is 0 Å². The first kappa shape index (κ1) is 21.0. The predicted molar refractivity (Wildman–Crippen MR) is 114 cm³/mol. The Morgan fingerprint density at radius 2 is 1.97 bits per heavy atom. The van der Waals surface area contributed by atoms with Crippen LogP contribution in [-0.4, -0.2) is 49.1 Å². The quantitative estimate of drug-likeness (QED) is 0.685. The molecule has 1 fully saturated rings. The van der Waals surface area contributed by atoms with Crippen LogP contribution in [0.15, 0.2) is 54.6 Å². The average Bonchev–Trinajstić information content (AvgIpc) is 3.22. The van der Waals surface area contributed by atoms with E-state index in [9.17, 15) is 9.59 Å². The molecule has 1 saturated heterocycles. The van der Waals surface area contributed by atoms with Gasteiger partial charge in [-0.15, -0.1) is 0 Å². The van der Waals surface area contributed by atoms with E-state index in [-0.39, 0.29) is 24.5 Å². The fourth-order valence-electron chi connectivity index (χ4n) is 3.51. The first-order valence-corrected chi connectivity index (χ1v) is 10.2. The normalized spacial score (nSPS) is 16.0. The molecule has 1 unspecified atom stereocenters. The highest BCUT2D eigenvalue weighted by Gasteiger charge is 2.21. The van der Waals surface area contributed by atoms with Crippen molar-refractivity contribution in [1.29, 1.82) is 0 Å². The van der Waals surface area contributed by atoms with Crippen molar-refractivity contribution in [3.63, 3.8) is 0 Å². The van der Waals surface area contributed by atoms with Crippen LogP contribution in [-0.2, 0) is 16.1 Å². The van der Waals surface area contributed by atoms with E-state index in [2.05, 4.69) is 27.7 Å². The lowest BCUT2D eigenvalue weighted by molar-refractivity contribution is -0.117. The lowest BCUT2D eigenvalue weighted by atomic mass is 10.1. The van der Waals surface area contributed by atoms with Crippen LogP contribution in [0.5, 0.6) is 0 Å². The highest BCUT2D eigenvalue weighted by molar-refractivity contribution is 5.97. The molecule has 1 aliphatic rings. The number of ether oxygens (including phenoxy) is 1. The summed E-state index contributed by atoms with van der Waals surface area (Å²) in [5.74, 6) is -0.250. The molecule has 1 atom stereocenters. The van der Waals surface area contributed by atoms with Crippen LogP contribution in [0.1, 0.15) is 35.7 Å². The summed E-state index contributed by atoms with van der Waals surface area (Å²) in [5, 5.41) is 5.69. The van der Waals surface area contributed by atoms with E-state index < -0.39 is 0 Å². The van der Waals surface area contributed by atoms with Crippen LogP contribution in [0.3, 0.4) is 0 Å². The zero-order chi connectivity index (χ0) is 20.5. The highest BCUT2D eigenvalue weighted by Crippen LogP contribution is 2.16. The van der Waals surface area contributed by atoms with Crippen molar-refractivity contribution in [2.75, 3.05) is 31.6 Å². The van der Waals surface area contributed by atoms with E-state index in [1.165, 1.54) is 0 Å². The maximum atomic E-state index is 12.7. The molecule has 0 spiro atoms. The monoisotopic (exact) mass is 395 g/mol. The molecule has 2 N–H and O–H groups in total. The fourth-order valence-corrected chi connectivity index (χ4v) is 3.51.